The van der Waals surface area contributed by atoms with Crippen LogP contribution in [-0.4, -0.2) is 4.57 Å². The zero-order chi connectivity index (χ0) is 11.3. The molecular formula is C13H11NO2. The first kappa shape index (κ1) is 9.21. The summed E-state index contributed by atoms with van der Waals surface area (Å²) < 4.78 is 7.14. The Morgan fingerprint density at radius 1 is 1.19 bits per heavy atom. The number of pyridine rings is 1. The highest BCUT2D eigenvalue weighted by Crippen LogP contribution is 2.26. The lowest BCUT2D eigenvalue weighted by Gasteiger charge is -1.94. The van der Waals surface area contributed by atoms with Gasteiger partial charge in [-0.3, -0.25) is 4.79 Å². The van der Waals surface area contributed by atoms with Gasteiger partial charge in [0.15, 0.2) is 0 Å². The van der Waals surface area contributed by atoms with Gasteiger partial charge in [0.25, 0.3) is 5.56 Å². The third-order valence-corrected chi connectivity index (χ3v) is 2.86. The molecule has 0 aliphatic rings. The van der Waals surface area contributed by atoms with Gasteiger partial charge in [-0.1, -0.05) is 12.1 Å². The molecule has 2 aromatic heterocycles. The summed E-state index contributed by atoms with van der Waals surface area (Å²) >= 11 is 0. The lowest BCUT2D eigenvalue weighted by molar-refractivity contribution is 0.654. The number of rotatable bonds is 0. The second-order valence-electron chi connectivity index (χ2n) is 4.08. The van der Waals surface area contributed by atoms with Crippen LogP contribution in [0.5, 0.6) is 0 Å². The van der Waals surface area contributed by atoms with E-state index in [0.717, 1.165) is 21.9 Å². The molecule has 0 aliphatic heterocycles. The maximum absolute atomic E-state index is 11.9. The molecule has 0 N–H and O–H groups in total. The Balaban J connectivity index is 2.60. The summed E-state index contributed by atoms with van der Waals surface area (Å²) in [5.74, 6) is 0. The Hall–Kier alpha value is -2.03. The molecule has 0 fully saturated rings. The van der Waals surface area contributed by atoms with E-state index in [4.69, 9.17) is 4.42 Å². The molecule has 3 heteroatoms. The molecule has 0 bridgehead atoms. The van der Waals surface area contributed by atoms with Crippen LogP contribution in [0.15, 0.2) is 39.7 Å². The minimum atomic E-state index is -0.0913. The second-order valence-corrected chi connectivity index (χ2v) is 4.08. The van der Waals surface area contributed by atoms with Crippen LogP contribution in [-0.2, 0) is 7.05 Å². The molecule has 0 saturated carbocycles. The number of hydrogen-bond acceptors (Lipinski definition) is 2. The molecule has 0 saturated heterocycles. The van der Waals surface area contributed by atoms with Gasteiger partial charge >= 0.3 is 0 Å². The van der Waals surface area contributed by atoms with E-state index in [1.165, 1.54) is 4.57 Å². The SMILES string of the molecule is Cc1ccc2c(c1)oc1c(=O)n(C)ccc12. The minimum Gasteiger partial charge on any atom is -0.450 e. The van der Waals surface area contributed by atoms with Crippen molar-refractivity contribution in [3.05, 3.63) is 46.4 Å². The summed E-state index contributed by atoms with van der Waals surface area (Å²) in [5.41, 5.74) is 2.25. The van der Waals surface area contributed by atoms with Crippen molar-refractivity contribution in [2.75, 3.05) is 0 Å². The van der Waals surface area contributed by atoms with Gasteiger partial charge < -0.3 is 8.98 Å². The summed E-state index contributed by atoms with van der Waals surface area (Å²) in [6, 6.07) is 7.89. The Kier molecular flexibility index (Phi) is 1.72. The molecule has 0 spiro atoms. The molecule has 2 heterocycles. The largest absolute Gasteiger partial charge is 0.450 e. The van der Waals surface area contributed by atoms with Gasteiger partial charge in [0.05, 0.1) is 0 Å². The van der Waals surface area contributed by atoms with E-state index in [2.05, 4.69) is 0 Å². The molecule has 0 amide bonds. The molecule has 16 heavy (non-hydrogen) atoms. The summed E-state index contributed by atoms with van der Waals surface area (Å²) in [7, 11) is 1.72. The summed E-state index contributed by atoms with van der Waals surface area (Å²) in [6.07, 6.45) is 1.76. The Labute approximate surface area is 91.9 Å². The van der Waals surface area contributed by atoms with E-state index in [1.54, 1.807) is 13.2 Å². The van der Waals surface area contributed by atoms with Gasteiger partial charge in [-0.25, -0.2) is 0 Å². The molecule has 3 rings (SSSR count). The number of furan rings is 1. The lowest BCUT2D eigenvalue weighted by Crippen LogP contribution is -2.14. The predicted molar refractivity (Wildman–Crippen MR) is 63.7 cm³/mol. The Morgan fingerprint density at radius 3 is 2.81 bits per heavy atom. The van der Waals surface area contributed by atoms with E-state index < -0.39 is 0 Å². The van der Waals surface area contributed by atoms with Crippen LogP contribution < -0.4 is 5.56 Å². The predicted octanol–water partition coefficient (Wildman–Crippen LogP) is 2.59. The topological polar surface area (TPSA) is 35.1 Å². The number of benzene rings is 1. The number of fused-ring (bicyclic) bond motifs is 3. The van der Waals surface area contributed by atoms with E-state index in [0.29, 0.717) is 5.58 Å². The molecule has 0 unspecified atom stereocenters. The first-order chi connectivity index (χ1) is 7.66. The fourth-order valence-corrected chi connectivity index (χ4v) is 1.96. The summed E-state index contributed by atoms with van der Waals surface area (Å²) in [5, 5.41) is 1.89. The molecule has 0 radical (unpaired) electrons. The molecule has 3 nitrogen and oxygen atoms in total. The lowest BCUT2D eigenvalue weighted by atomic mass is 10.1. The van der Waals surface area contributed by atoms with E-state index in [-0.39, 0.29) is 5.56 Å². The van der Waals surface area contributed by atoms with Gasteiger partial charge in [0.2, 0.25) is 5.58 Å². The highest BCUT2D eigenvalue weighted by Gasteiger charge is 2.10. The maximum Gasteiger partial charge on any atom is 0.293 e. The van der Waals surface area contributed by atoms with Gasteiger partial charge in [0, 0.05) is 24.0 Å². The third kappa shape index (κ3) is 1.11. The number of aromatic nitrogens is 1. The summed E-state index contributed by atoms with van der Waals surface area (Å²) in [4.78, 5) is 11.9. The van der Waals surface area contributed by atoms with Crippen LogP contribution in [0.3, 0.4) is 0 Å². The Bertz CT molecular complexity index is 750. The second kappa shape index (κ2) is 2.98. The monoisotopic (exact) mass is 213 g/mol. The van der Waals surface area contributed by atoms with Crippen LogP contribution in [0, 0.1) is 6.92 Å². The van der Waals surface area contributed by atoms with E-state index in [1.807, 2.05) is 31.2 Å². The van der Waals surface area contributed by atoms with Crippen LogP contribution in [0.2, 0.25) is 0 Å². The van der Waals surface area contributed by atoms with Crippen LogP contribution in [0.4, 0.5) is 0 Å². The quantitative estimate of drug-likeness (QED) is 0.575. The first-order valence-corrected chi connectivity index (χ1v) is 5.15. The van der Waals surface area contributed by atoms with E-state index >= 15 is 0 Å². The molecule has 0 atom stereocenters. The standard InChI is InChI=1S/C13H11NO2/c1-8-3-4-9-10-5-6-14(2)13(15)12(10)16-11(9)7-8/h3-7H,1-2H3. The van der Waals surface area contributed by atoms with Crippen molar-refractivity contribution in [3.63, 3.8) is 0 Å². The first-order valence-electron chi connectivity index (χ1n) is 5.15. The molecule has 0 aliphatic carbocycles. The smallest absolute Gasteiger partial charge is 0.293 e. The van der Waals surface area contributed by atoms with Crippen molar-refractivity contribution < 1.29 is 4.42 Å². The van der Waals surface area contributed by atoms with Crippen molar-refractivity contribution in [2.45, 2.75) is 6.92 Å². The highest BCUT2D eigenvalue weighted by molar-refractivity contribution is 6.04. The van der Waals surface area contributed by atoms with Gasteiger partial charge in [0.1, 0.15) is 5.58 Å². The van der Waals surface area contributed by atoms with Crippen molar-refractivity contribution in [3.8, 4) is 0 Å². The van der Waals surface area contributed by atoms with Crippen LogP contribution in [0.1, 0.15) is 5.56 Å². The number of nitrogens with zero attached hydrogens (tertiary/aromatic N) is 1. The average Bonchev–Trinajstić information content (AvgIpc) is 2.62. The van der Waals surface area contributed by atoms with Gasteiger partial charge in [-0.2, -0.15) is 0 Å². The average molecular weight is 213 g/mol. The molecule has 1 aromatic carbocycles. The molecule has 3 aromatic rings. The fraction of sp³-hybridized carbons (Fsp3) is 0.154. The third-order valence-electron chi connectivity index (χ3n) is 2.86. The molecular weight excluding hydrogens is 202 g/mol. The van der Waals surface area contributed by atoms with Crippen molar-refractivity contribution in [1.29, 1.82) is 0 Å². The van der Waals surface area contributed by atoms with Crippen LogP contribution >= 0.6 is 0 Å². The van der Waals surface area contributed by atoms with Gasteiger partial charge in [-0.15, -0.1) is 0 Å². The molecule has 80 valence electrons. The van der Waals surface area contributed by atoms with E-state index in [9.17, 15) is 4.79 Å². The minimum absolute atomic E-state index is 0.0913. The number of hydrogen-bond donors (Lipinski definition) is 0. The van der Waals surface area contributed by atoms with Crippen molar-refractivity contribution in [1.82, 2.24) is 4.57 Å². The maximum atomic E-state index is 11.9. The normalized spacial score (nSPS) is 11.4. The Morgan fingerprint density at radius 2 is 2.00 bits per heavy atom. The van der Waals surface area contributed by atoms with Crippen LogP contribution in [0.25, 0.3) is 21.9 Å². The van der Waals surface area contributed by atoms with Crippen molar-refractivity contribution >= 4 is 21.9 Å². The van der Waals surface area contributed by atoms with Gasteiger partial charge in [-0.05, 0) is 24.6 Å². The highest BCUT2D eigenvalue weighted by atomic mass is 16.3. The zero-order valence-electron chi connectivity index (χ0n) is 9.15. The number of aryl methyl sites for hydroxylation is 2. The summed E-state index contributed by atoms with van der Waals surface area (Å²) in [6.45, 7) is 2.00. The van der Waals surface area contributed by atoms with Crippen molar-refractivity contribution in [2.24, 2.45) is 7.05 Å². The zero-order valence-corrected chi connectivity index (χ0v) is 9.15. The fourth-order valence-electron chi connectivity index (χ4n) is 1.96.